The second-order valence-electron chi connectivity index (χ2n) is 8.47. The second kappa shape index (κ2) is 9.18. The molecule has 3 heterocycles. The number of halogens is 1. The summed E-state index contributed by atoms with van der Waals surface area (Å²) in [6.07, 6.45) is 0. The van der Waals surface area contributed by atoms with Crippen LogP contribution in [0, 0.1) is 6.92 Å². The lowest BCUT2D eigenvalue weighted by atomic mass is 10.0. The molecule has 0 radical (unpaired) electrons. The van der Waals surface area contributed by atoms with Crippen LogP contribution in [-0.4, -0.2) is 25.6 Å². The fraction of sp³-hybridized carbons (Fsp3) is 0.0714. The zero-order chi connectivity index (χ0) is 24.6. The summed E-state index contributed by atoms with van der Waals surface area (Å²) in [4.78, 5) is 5.80. The van der Waals surface area contributed by atoms with E-state index in [2.05, 4.69) is 52.3 Å². The van der Waals surface area contributed by atoms with Gasteiger partial charge in [0.25, 0.3) is 0 Å². The maximum Gasteiger partial charge on any atom is 0.189 e. The van der Waals surface area contributed by atoms with Gasteiger partial charge in [0.05, 0.1) is 16.1 Å². The number of aromatic amines is 1. The Balaban J connectivity index is 1.21. The van der Waals surface area contributed by atoms with Crippen LogP contribution < -0.4 is 4.74 Å². The third-order valence-corrected chi connectivity index (χ3v) is 7.63. The van der Waals surface area contributed by atoms with Gasteiger partial charge < -0.3 is 4.74 Å². The molecule has 6 nitrogen and oxygen atoms in total. The normalized spacial score (nSPS) is 11.3. The minimum atomic E-state index is 0.451. The molecule has 0 amide bonds. The van der Waals surface area contributed by atoms with E-state index in [1.807, 2.05) is 54.6 Å². The van der Waals surface area contributed by atoms with Crippen LogP contribution in [0.3, 0.4) is 0 Å². The van der Waals surface area contributed by atoms with Crippen molar-refractivity contribution in [2.75, 3.05) is 0 Å². The van der Waals surface area contributed by atoms with Crippen molar-refractivity contribution in [1.82, 2.24) is 25.6 Å². The van der Waals surface area contributed by atoms with Crippen LogP contribution >= 0.6 is 22.9 Å². The van der Waals surface area contributed by atoms with Gasteiger partial charge in [-0.05, 0) is 81.9 Å². The van der Waals surface area contributed by atoms with Gasteiger partial charge in [-0.1, -0.05) is 48.5 Å². The fourth-order valence-electron chi connectivity index (χ4n) is 4.19. The molecule has 0 aliphatic heterocycles. The molecule has 0 aliphatic carbocycles. The molecule has 6 aromatic rings. The molecule has 176 valence electrons. The average molecular weight is 510 g/mol. The largest absolute Gasteiger partial charge is 0.489 e. The van der Waals surface area contributed by atoms with E-state index in [0.717, 1.165) is 49.5 Å². The number of tetrazole rings is 1. The molecule has 0 atom stereocenters. The van der Waals surface area contributed by atoms with E-state index in [9.17, 15) is 0 Å². The minimum Gasteiger partial charge on any atom is -0.489 e. The topological polar surface area (TPSA) is 76.6 Å². The minimum absolute atomic E-state index is 0.451. The Morgan fingerprint density at radius 3 is 2.81 bits per heavy atom. The number of H-pyrrole nitrogens is 1. The third-order valence-electron chi connectivity index (χ3n) is 6.11. The van der Waals surface area contributed by atoms with Crippen molar-refractivity contribution >= 4 is 49.5 Å². The lowest BCUT2D eigenvalue weighted by Gasteiger charge is -2.11. The van der Waals surface area contributed by atoms with Gasteiger partial charge in [-0.25, -0.2) is 10.1 Å². The van der Waals surface area contributed by atoms with Gasteiger partial charge in [0.1, 0.15) is 12.4 Å². The Morgan fingerprint density at radius 1 is 1.06 bits per heavy atom. The summed E-state index contributed by atoms with van der Waals surface area (Å²) >= 11 is 7.82. The van der Waals surface area contributed by atoms with Crippen molar-refractivity contribution in [3.05, 3.63) is 107 Å². The molecule has 36 heavy (non-hydrogen) atoms. The van der Waals surface area contributed by atoms with Crippen LogP contribution in [0.15, 0.2) is 79.4 Å². The molecule has 6 rings (SSSR count). The van der Waals surface area contributed by atoms with E-state index in [-0.39, 0.29) is 0 Å². The highest BCUT2D eigenvalue weighted by atomic mass is 35.5. The number of nitrogens with one attached hydrogen (secondary N) is 1. The standard InChI is InChI=1S/C28H20ClN5OS/c1-16(24-10-8-19-7-9-21(29)14-25(19)30-24)20-4-3-5-22(13-20)35-15-18-6-11-26-23(12-18)17(2)27(36-26)28-31-33-34-32-28/h3-14H,1,15H2,2H3,(H,31,32,33,34). The fourth-order valence-corrected chi connectivity index (χ4v) is 5.48. The van der Waals surface area contributed by atoms with Gasteiger partial charge in [0.2, 0.25) is 0 Å². The molecule has 0 aliphatic rings. The van der Waals surface area contributed by atoms with Gasteiger partial charge in [0, 0.05) is 20.7 Å². The van der Waals surface area contributed by atoms with Gasteiger partial charge in [0.15, 0.2) is 5.82 Å². The molecule has 0 spiro atoms. The molecule has 0 unspecified atom stereocenters. The number of nitrogens with zero attached hydrogens (tertiary/aromatic N) is 4. The molecule has 1 N–H and O–H groups in total. The molecule has 0 fully saturated rings. The van der Waals surface area contributed by atoms with Crippen LogP contribution in [0.25, 0.3) is 37.3 Å². The van der Waals surface area contributed by atoms with E-state index < -0.39 is 0 Å². The third kappa shape index (κ3) is 4.23. The Bertz CT molecular complexity index is 1740. The van der Waals surface area contributed by atoms with E-state index in [4.69, 9.17) is 21.3 Å². The summed E-state index contributed by atoms with van der Waals surface area (Å²) in [6, 6.07) is 24.0. The van der Waals surface area contributed by atoms with Crippen molar-refractivity contribution in [3.63, 3.8) is 0 Å². The zero-order valence-electron chi connectivity index (χ0n) is 19.3. The first-order chi connectivity index (χ1) is 17.5. The lowest BCUT2D eigenvalue weighted by molar-refractivity contribution is 0.306. The number of hydrogen-bond acceptors (Lipinski definition) is 6. The number of benzene rings is 3. The number of ether oxygens (including phenoxy) is 1. The molecule has 8 heteroatoms. The number of pyridine rings is 1. The molecule has 0 bridgehead atoms. The predicted molar refractivity (Wildman–Crippen MR) is 145 cm³/mol. The number of fused-ring (bicyclic) bond motifs is 2. The monoisotopic (exact) mass is 509 g/mol. The summed E-state index contributed by atoms with van der Waals surface area (Å²) in [5, 5.41) is 17.2. The first-order valence-corrected chi connectivity index (χ1v) is 12.5. The molecular formula is C28H20ClN5OS. The van der Waals surface area contributed by atoms with E-state index in [1.165, 1.54) is 10.1 Å². The Morgan fingerprint density at radius 2 is 1.94 bits per heavy atom. The molecule has 3 aromatic carbocycles. The van der Waals surface area contributed by atoms with Gasteiger partial charge >= 0.3 is 0 Å². The number of rotatable bonds is 6. The lowest BCUT2D eigenvalue weighted by Crippen LogP contribution is -1.97. The van der Waals surface area contributed by atoms with Gasteiger partial charge in [-0.2, -0.15) is 0 Å². The maximum atomic E-state index is 6.16. The number of thiophene rings is 1. The predicted octanol–water partition coefficient (Wildman–Crippen LogP) is 7.23. The van der Waals surface area contributed by atoms with E-state index >= 15 is 0 Å². The van der Waals surface area contributed by atoms with Crippen LogP contribution in [0.4, 0.5) is 0 Å². The van der Waals surface area contributed by atoms with Crippen LogP contribution in [0.2, 0.25) is 5.02 Å². The maximum absolute atomic E-state index is 6.16. The number of hydrogen-bond donors (Lipinski definition) is 1. The van der Waals surface area contributed by atoms with E-state index in [1.54, 1.807) is 11.3 Å². The first kappa shape index (κ1) is 22.4. The Labute approximate surface area is 216 Å². The first-order valence-electron chi connectivity index (χ1n) is 11.3. The highest BCUT2D eigenvalue weighted by molar-refractivity contribution is 7.22. The van der Waals surface area contributed by atoms with Crippen molar-refractivity contribution in [1.29, 1.82) is 0 Å². The second-order valence-corrected chi connectivity index (χ2v) is 9.95. The molecule has 0 saturated carbocycles. The van der Waals surface area contributed by atoms with Crippen LogP contribution in [0.1, 0.15) is 22.4 Å². The number of aromatic nitrogens is 5. The Hall–Kier alpha value is -4.07. The number of aryl methyl sites for hydroxylation is 1. The van der Waals surface area contributed by atoms with Crippen LogP contribution in [-0.2, 0) is 6.61 Å². The smallest absolute Gasteiger partial charge is 0.189 e. The summed E-state index contributed by atoms with van der Waals surface area (Å²) in [6.45, 7) is 6.82. The highest BCUT2D eigenvalue weighted by Crippen LogP contribution is 2.37. The zero-order valence-corrected chi connectivity index (χ0v) is 20.9. The summed E-state index contributed by atoms with van der Waals surface area (Å²) in [5.74, 6) is 1.46. The van der Waals surface area contributed by atoms with Crippen molar-refractivity contribution in [2.45, 2.75) is 13.5 Å². The molecular weight excluding hydrogens is 490 g/mol. The quantitative estimate of drug-likeness (QED) is 0.256. The van der Waals surface area contributed by atoms with Crippen molar-refractivity contribution in [3.8, 4) is 16.5 Å². The highest BCUT2D eigenvalue weighted by Gasteiger charge is 2.14. The van der Waals surface area contributed by atoms with Crippen molar-refractivity contribution < 1.29 is 4.74 Å². The summed E-state index contributed by atoms with van der Waals surface area (Å²) in [7, 11) is 0. The Kier molecular flexibility index (Phi) is 5.71. The van der Waals surface area contributed by atoms with Gasteiger partial charge in [-0.15, -0.1) is 16.4 Å². The summed E-state index contributed by atoms with van der Waals surface area (Å²) < 4.78 is 7.34. The summed E-state index contributed by atoms with van der Waals surface area (Å²) in [5.41, 5.74) is 5.66. The van der Waals surface area contributed by atoms with Crippen LogP contribution in [0.5, 0.6) is 5.75 Å². The SMILES string of the molecule is C=C(c1cccc(OCc2ccc3sc(-c4nnn[nH]4)c(C)c3c2)c1)c1ccc2ccc(Cl)cc2n1. The average Bonchev–Trinajstić information content (AvgIpc) is 3.55. The van der Waals surface area contributed by atoms with E-state index in [0.29, 0.717) is 17.5 Å². The molecule has 0 saturated heterocycles. The van der Waals surface area contributed by atoms with Gasteiger partial charge in [-0.3, -0.25) is 0 Å². The molecule has 3 aromatic heterocycles. The van der Waals surface area contributed by atoms with Crippen molar-refractivity contribution in [2.24, 2.45) is 0 Å².